The van der Waals surface area contributed by atoms with Crippen LogP contribution in [-0.4, -0.2) is 102 Å². The van der Waals surface area contributed by atoms with E-state index in [-0.39, 0.29) is 31.1 Å². The number of carboxylic acids is 1. The summed E-state index contributed by atoms with van der Waals surface area (Å²) in [6.45, 7) is 2.84. The Morgan fingerprint density at radius 1 is 0.979 bits per heavy atom. The Labute approximate surface area is 282 Å². The molecule has 6 amide bonds. The van der Waals surface area contributed by atoms with Crippen molar-refractivity contribution in [3.63, 3.8) is 0 Å². The van der Waals surface area contributed by atoms with Crippen LogP contribution in [0.3, 0.4) is 0 Å². The smallest absolute Gasteiger partial charge is 0.327 e. The summed E-state index contributed by atoms with van der Waals surface area (Å²) in [5.74, 6) is -7.25. The highest BCUT2D eigenvalue weighted by molar-refractivity contribution is 7.80. The number of aliphatic imine (C=N–C) groups is 1. The molecule has 0 radical (unpaired) electrons. The van der Waals surface area contributed by atoms with Gasteiger partial charge in [-0.25, -0.2) is 4.79 Å². The normalized spacial score (nSPS) is 21.8. The molecule has 0 aliphatic carbocycles. The van der Waals surface area contributed by atoms with Crippen LogP contribution in [0, 0.1) is 5.92 Å². The van der Waals surface area contributed by atoms with Gasteiger partial charge in [-0.1, -0.05) is 56.3 Å². The van der Waals surface area contributed by atoms with Gasteiger partial charge in [-0.05, 0) is 24.3 Å². The number of hydrogen-bond acceptors (Lipinski definition) is 9. The molecule has 1 aromatic carbocycles. The summed E-state index contributed by atoms with van der Waals surface area (Å²) in [4.78, 5) is 94.7. The van der Waals surface area contributed by atoms with E-state index in [1.807, 2.05) is 0 Å². The van der Waals surface area contributed by atoms with Crippen molar-refractivity contribution < 1.29 is 38.7 Å². The van der Waals surface area contributed by atoms with Crippen LogP contribution < -0.4 is 43.4 Å². The number of amides is 6. The first kappa shape index (κ1) is 39.1. The van der Waals surface area contributed by atoms with Gasteiger partial charge in [0.05, 0.1) is 13.0 Å². The lowest BCUT2D eigenvalue weighted by atomic mass is 10.0. The van der Waals surface area contributed by atoms with Gasteiger partial charge in [-0.15, -0.1) is 0 Å². The van der Waals surface area contributed by atoms with Gasteiger partial charge in [0.2, 0.25) is 35.4 Å². The summed E-state index contributed by atoms with van der Waals surface area (Å²) in [7, 11) is 0. The fourth-order valence-corrected chi connectivity index (χ4v) is 4.66. The summed E-state index contributed by atoms with van der Waals surface area (Å²) in [5, 5.41) is 24.0. The Morgan fingerprint density at radius 2 is 1.67 bits per heavy atom. The number of benzene rings is 1. The maximum absolute atomic E-state index is 13.6. The molecule has 1 aromatic rings. The number of thiol groups is 1. The minimum absolute atomic E-state index is 0.0654. The molecular formula is C30H43N9O8S. The van der Waals surface area contributed by atoms with Crippen molar-refractivity contribution in [2.75, 3.05) is 18.8 Å². The molecule has 1 heterocycles. The van der Waals surface area contributed by atoms with Crippen molar-refractivity contribution in [3.05, 3.63) is 42.0 Å². The van der Waals surface area contributed by atoms with E-state index in [9.17, 15) is 38.7 Å². The molecule has 1 saturated heterocycles. The topological polar surface area (TPSA) is 276 Å². The zero-order valence-corrected chi connectivity index (χ0v) is 27.5. The standard InChI is InChI=1S/C30H43N9O8S/c1-16(2)24-28(45)38-18(9-6-12-33-30(31)32)25(42)34-14-23(41)35-20(13-22(40)36-21(15-48)29(46)47)27(44)37-19(26(43)39-24)11-10-17-7-4-3-5-8-17/h3-5,7-8,10-11,16,18-21,24,48H,6,9,12-15H2,1-2H3,(H,34,42)(H,35,41)(H,36,40)(H,37,44)(H,38,45)(H,39,43)(H,46,47)(H4,31,32,33)/b11-10+/t18-,19+,20-,21?,24-/m0/s1. The Hall–Kier alpha value is -5.13. The van der Waals surface area contributed by atoms with Crippen LogP contribution in [0.15, 0.2) is 41.4 Å². The maximum atomic E-state index is 13.6. The van der Waals surface area contributed by atoms with E-state index in [0.29, 0.717) is 5.56 Å². The highest BCUT2D eigenvalue weighted by Gasteiger charge is 2.33. The lowest BCUT2D eigenvalue weighted by Gasteiger charge is -2.26. The molecule has 1 aliphatic heterocycles. The number of nitrogens with one attached hydrogen (secondary N) is 6. The highest BCUT2D eigenvalue weighted by atomic mass is 32.1. The number of hydrogen-bond donors (Lipinski definition) is 10. The zero-order chi connectivity index (χ0) is 35.8. The van der Waals surface area contributed by atoms with E-state index in [1.165, 1.54) is 6.08 Å². The molecule has 1 aliphatic rings. The van der Waals surface area contributed by atoms with Crippen molar-refractivity contribution in [2.45, 2.75) is 63.3 Å². The van der Waals surface area contributed by atoms with Crippen LogP contribution >= 0.6 is 12.6 Å². The Bertz CT molecular complexity index is 1390. The van der Waals surface area contributed by atoms with Crippen LogP contribution in [-0.2, 0) is 33.6 Å². The van der Waals surface area contributed by atoms with Crippen LogP contribution in [0.25, 0.3) is 6.08 Å². The molecule has 1 unspecified atom stereocenters. The predicted molar refractivity (Wildman–Crippen MR) is 179 cm³/mol. The first-order valence-corrected chi connectivity index (χ1v) is 15.7. The maximum Gasteiger partial charge on any atom is 0.327 e. The first-order chi connectivity index (χ1) is 22.7. The Balaban J connectivity index is 2.49. The summed E-state index contributed by atoms with van der Waals surface area (Å²) in [5.41, 5.74) is 11.4. The molecule has 0 aromatic heterocycles. The molecule has 48 heavy (non-hydrogen) atoms. The summed E-state index contributed by atoms with van der Waals surface area (Å²) in [6.07, 6.45) is 2.54. The van der Waals surface area contributed by atoms with E-state index >= 15 is 0 Å². The van der Waals surface area contributed by atoms with Gasteiger partial charge in [-0.3, -0.25) is 33.8 Å². The number of carbonyl (C=O) groups excluding carboxylic acids is 6. The van der Waals surface area contributed by atoms with E-state index in [4.69, 9.17) is 11.5 Å². The van der Waals surface area contributed by atoms with Gasteiger partial charge in [0, 0.05) is 12.3 Å². The second-order valence-corrected chi connectivity index (χ2v) is 11.5. The number of carboxylic acid groups (broad SMARTS) is 1. The molecule has 0 spiro atoms. The third-order valence-electron chi connectivity index (χ3n) is 6.97. The molecule has 262 valence electrons. The number of rotatable bonds is 12. The van der Waals surface area contributed by atoms with Crippen molar-refractivity contribution >= 4 is 66.1 Å². The van der Waals surface area contributed by atoms with Gasteiger partial charge < -0.3 is 48.5 Å². The van der Waals surface area contributed by atoms with E-state index < -0.39 is 90.5 Å². The van der Waals surface area contributed by atoms with Gasteiger partial charge in [-0.2, -0.15) is 12.6 Å². The van der Waals surface area contributed by atoms with Crippen LogP contribution in [0.5, 0.6) is 0 Å². The fraction of sp³-hybridized carbons (Fsp3) is 0.467. The van der Waals surface area contributed by atoms with Gasteiger partial charge in [0.1, 0.15) is 30.2 Å². The van der Waals surface area contributed by atoms with Gasteiger partial charge in [0.25, 0.3) is 0 Å². The third kappa shape index (κ3) is 13.3. The molecule has 2 rings (SSSR count). The summed E-state index contributed by atoms with van der Waals surface area (Å²) >= 11 is 3.91. The molecular weight excluding hydrogens is 646 g/mol. The quantitative estimate of drug-likeness (QED) is 0.0472. The molecule has 11 N–H and O–H groups in total. The summed E-state index contributed by atoms with van der Waals surface area (Å²) in [6, 6.07) is 2.10. The average molecular weight is 690 g/mol. The second-order valence-electron chi connectivity index (χ2n) is 11.2. The Morgan fingerprint density at radius 3 is 2.27 bits per heavy atom. The van der Waals surface area contributed by atoms with Gasteiger partial charge >= 0.3 is 5.97 Å². The molecule has 17 nitrogen and oxygen atoms in total. The SMILES string of the molecule is CC(C)[C@@H]1NC(=O)[C@@H](/C=C/c2ccccc2)NC(=O)[C@H](CC(=O)NC(CS)C(=O)O)NC(=O)CNC(=O)[C@H](CCCN=C(N)N)NC1=O. The molecule has 1 fully saturated rings. The van der Waals surface area contributed by atoms with E-state index in [1.54, 1.807) is 50.3 Å². The fourth-order valence-electron chi connectivity index (χ4n) is 4.41. The first-order valence-electron chi connectivity index (χ1n) is 15.1. The molecule has 0 bridgehead atoms. The number of aliphatic carboxylic acids is 1. The number of guanidine groups is 1. The molecule has 18 heteroatoms. The zero-order valence-electron chi connectivity index (χ0n) is 26.6. The largest absolute Gasteiger partial charge is 0.480 e. The van der Waals surface area contributed by atoms with Crippen LogP contribution in [0.2, 0.25) is 0 Å². The lowest BCUT2D eigenvalue weighted by molar-refractivity contribution is -0.141. The monoisotopic (exact) mass is 689 g/mol. The number of carbonyl (C=O) groups is 7. The number of nitrogens with zero attached hydrogens (tertiary/aromatic N) is 1. The molecule has 5 atom stereocenters. The van der Waals surface area contributed by atoms with Crippen molar-refractivity contribution in [1.29, 1.82) is 0 Å². The van der Waals surface area contributed by atoms with E-state index in [2.05, 4.69) is 49.5 Å². The summed E-state index contributed by atoms with van der Waals surface area (Å²) < 4.78 is 0. The Kier molecular flexibility index (Phi) is 15.9. The predicted octanol–water partition coefficient (Wildman–Crippen LogP) is -2.63. The van der Waals surface area contributed by atoms with Crippen molar-refractivity contribution in [3.8, 4) is 0 Å². The van der Waals surface area contributed by atoms with Crippen molar-refractivity contribution in [1.82, 2.24) is 31.9 Å². The van der Waals surface area contributed by atoms with Crippen LogP contribution in [0.1, 0.15) is 38.7 Å². The second kappa shape index (κ2) is 19.5. The average Bonchev–Trinajstić information content (AvgIpc) is 3.03. The van der Waals surface area contributed by atoms with Gasteiger partial charge in [0.15, 0.2) is 5.96 Å². The van der Waals surface area contributed by atoms with Crippen LogP contribution in [0.4, 0.5) is 0 Å². The third-order valence-corrected chi connectivity index (χ3v) is 7.33. The molecule has 0 saturated carbocycles. The van der Waals surface area contributed by atoms with E-state index in [0.717, 1.165) is 0 Å². The minimum Gasteiger partial charge on any atom is -0.480 e. The minimum atomic E-state index is -1.61. The lowest BCUT2D eigenvalue weighted by Crippen LogP contribution is -2.58. The van der Waals surface area contributed by atoms with Crippen molar-refractivity contribution in [2.24, 2.45) is 22.4 Å². The number of nitrogens with two attached hydrogens (primary N) is 2. The highest BCUT2D eigenvalue weighted by Crippen LogP contribution is 2.09.